The summed E-state index contributed by atoms with van der Waals surface area (Å²) in [6, 6.07) is 7.31. The highest BCUT2D eigenvalue weighted by Crippen LogP contribution is 2.26. The fourth-order valence-corrected chi connectivity index (χ4v) is 3.02. The predicted molar refractivity (Wildman–Crippen MR) is 106 cm³/mol. The van der Waals surface area contributed by atoms with Crippen LogP contribution in [0.3, 0.4) is 0 Å². The summed E-state index contributed by atoms with van der Waals surface area (Å²) in [5.41, 5.74) is 0.106. The molecular formula is C18H16F4N6O3S. The van der Waals surface area contributed by atoms with E-state index in [-0.39, 0.29) is 28.6 Å². The molecule has 32 heavy (non-hydrogen) atoms. The zero-order chi connectivity index (χ0) is 23.4. The molecule has 0 bridgehead atoms. The van der Waals surface area contributed by atoms with E-state index in [1.165, 1.54) is 24.5 Å². The number of nitrogens with one attached hydrogen (secondary N) is 2. The highest BCUT2D eigenvalue weighted by atomic mass is 32.2. The summed E-state index contributed by atoms with van der Waals surface area (Å²) in [5.74, 6) is 0.191. The molecule has 0 aliphatic carbocycles. The zero-order valence-electron chi connectivity index (χ0n) is 16.1. The molecule has 0 spiro atoms. The quantitative estimate of drug-likeness (QED) is 0.427. The van der Waals surface area contributed by atoms with Crippen molar-refractivity contribution in [3.63, 3.8) is 0 Å². The largest absolute Gasteiger partial charge is 0.484 e. The molecule has 3 rings (SSSR count). The van der Waals surface area contributed by atoms with Crippen molar-refractivity contribution in [2.45, 2.75) is 17.6 Å². The summed E-state index contributed by atoms with van der Waals surface area (Å²) in [7, 11) is -4.09. The number of pyridine rings is 1. The SMILES string of the molecule is NS(=O)(=O)c1ccc(OCC(F)(F)F)c(CNc2cc(Nc3ccc(F)cn3)ncn2)c1. The Hall–Kier alpha value is -3.52. The Balaban J connectivity index is 1.77. The van der Waals surface area contributed by atoms with Crippen molar-refractivity contribution in [1.82, 2.24) is 15.0 Å². The summed E-state index contributed by atoms with van der Waals surface area (Å²) >= 11 is 0. The van der Waals surface area contributed by atoms with E-state index in [1.54, 1.807) is 0 Å². The van der Waals surface area contributed by atoms with Crippen LogP contribution in [0.4, 0.5) is 35.0 Å². The molecule has 2 heterocycles. The van der Waals surface area contributed by atoms with Crippen molar-refractivity contribution >= 4 is 27.5 Å². The Morgan fingerprint density at radius 3 is 2.41 bits per heavy atom. The fraction of sp³-hybridized carbons (Fsp3) is 0.167. The van der Waals surface area contributed by atoms with Gasteiger partial charge in [0.15, 0.2) is 6.61 Å². The molecule has 1 aromatic carbocycles. The summed E-state index contributed by atoms with van der Waals surface area (Å²) in [5, 5.41) is 10.8. The number of sulfonamides is 1. The second-order valence-corrected chi connectivity index (χ2v) is 7.91. The van der Waals surface area contributed by atoms with Crippen molar-refractivity contribution in [1.29, 1.82) is 0 Å². The van der Waals surface area contributed by atoms with Crippen LogP contribution in [-0.4, -0.2) is 36.2 Å². The van der Waals surface area contributed by atoms with Crippen LogP contribution in [-0.2, 0) is 16.6 Å². The van der Waals surface area contributed by atoms with E-state index < -0.39 is 28.6 Å². The topological polar surface area (TPSA) is 132 Å². The molecule has 3 aromatic rings. The second kappa shape index (κ2) is 9.32. The minimum atomic E-state index is -4.58. The summed E-state index contributed by atoms with van der Waals surface area (Å²) in [6.45, 7) is -1.69. The molecule has 0 aliphatic heterocycles. The lowest BCUT2D eigenvalue weighted by atomic mass is 10.2. The van der Waals surface area contributed by atoms with Crippen LogP contribution >= 0.6 is 0 Å². The number of hydrogen-bond acceptors (Lipinski definition) is 8. The number of hydrogen-bond donors (Lipinski definition) is 3. The Morgan fingerprint density at radius 2 is 1.75 bits per heavy atom. The molecule has 0 unspecified atom stereocenters. The minimum absolute atomic E-state index is 0.106. The number of nitrogens with zero attached hydrogens (tertiary/aromatic N) is 3. The highest BCUT2D eigenvalue weighted by Gasteiger charge is 2.29. The van der Waals surface area contributed by atoms with Gasteiger partial charge in [-0.1, -0.05) is 0 Å². The van der Waals surface area contributed by atoms with E-state index in [2.05, 4.69) is 25.6 Å². The zero-order valence-corrected chi connectivity index (χ0v) is 16.9. The predicted octanol–water partition coefficient (Wildman–Crippen LogP) is 2.95. The third-order valence-electron chi connectivity index (χ3n) is 3.86. The van der Waals surface area contributed by atoms with Gasteiger partial charge < -0.3 is 15.4 Å². The van der Waals surface area contributed by atoms with E-state index >= 15 is 0 Å². The first-order valence-electron chi connectivity index (χ1n) is 8.79. The number of aromatic nitrogens is 3. The number of halogens is 4. The van der Waals surface area contributed by atoms with Crippen molar-refractivity contribution < 1.29 is 30.7 Å². The lowest BCUT2D eigenvalue weighted by Crippen LogP contribution is -2.20. The van der Waals surface area contributed by atoms with E-state index in [9.17, 15) is 26.0 Å². The molecule has 2 aromatic heterocycles. The lowest BCUT2D eigenvalue weighted by molar-refractivity contribution is -0.153. The van der Waals surface area contributed by atoms with Crippen molar-refractivity contribution in [3.05, 3.63) is 60.3 Å². The molecule has 0 radical (unpaired) electrons. The highest BCUT2D eigenvalue weighted by molar-refractivity contribution is 7.89. The van der Waals surface area contributed by atoms with Gasteiger partial charge in [-0.15, -0.1) is 0 Å². The van der Waals surface area contributed by atoms with Gasteiger partial charge in [0.2, 0.25) is 10.0 Å². The Labute approximate surface area is 179 Å². The first-order valence-corrected chi connectivity index (χ1v) is 10.3. The van der Waals surface area contributed by atoms with Crippen LogP contribution < -0.4 is 20.5 Å². The van der Waals surface area contributed by atoms with Crippen LogP contribution in [0.5, 0.6) is 5.75 Å². The van der Waals surface area contributed by atoms with Crippen molar-refractivity contribution in [3.8, 4) is 5.75 Å². The number of benzene rings is 1. The van der Waals surface area contributed by atoms with Gasteiger partial charge in [-0.2, -0.15) is 13.2 Å². The lowest BCUT2D eigenvalue weighted by Gasteiger charge is -2.15. The summed E-state index contributed by atoms with van der Waals surface area (Å²) in [6.07, 6.45) is -2.36. The first kappa shape index (κ1) is 23.1. The van der Waals surface area contributed by atoms with Gasteiger partial charge in [-0.3, -0.25) is 0 Å². The summed E-state index contributed by atoms with van der Waals surface area (Å²) < 4.78 is 78.6. The molecule has 0 aliphatic rings. The van der Waals surface area contributed by atoms with Gasteiger partial charge in [0, 0.05) is 18.2 Å². The van der Waals surface area contributed by atoms with E-state index in [4.69, 9.17) is 9.88 Å². The van der Waals surface area contributed by atoms with Gasteiger partial charge in [-0.05, 0) is 30.3 Å². The molecule has 0 amide bonds. The second-order valence-electron chi connectivity index (χ2n) is 6.35. The third-order valence-corrected chi connectivity index (χ3v) is 4.77. The van der Waals surface area contributed by atoms with Crippen LogP contribution in [0.2, 0.25) is 0 Å². The van der Waals surface area contributed by atoms with Crippen molar-refractivity contribution in [2.75, 3.05) is 17.2 Å². The maximum absolute atomic E-state index is 13.0. The molecule has 0 saturated carbocycles. The monoisotopic (exact) mass is 472 g/mol. The van der Waals surface area contributed by atoms with Gasteiger partial charge in [0.1, 0.15) is 35.3 Å². The molecule has 0 fully saturated rings. The summed E-state index contributed by atoms with van der Waals surface area (Å²) in [4.78, 5) is 11.5. The van der Waals surface area contributed by atoms with Gasteiger partial charge >= 0.3 is 6.18 Å². The van der Waals surface area contributed by atoms with E-state index in [0.717, 1.165) is 24.4 Å². The number of primary sulfonamides is 1. The Kier molecular flexibility index (Phi) is 6.74. The van der Waals surface area contributed by atoms with E-state index in [1.807, 2.05) is 0 Å². The fourth-order valence-electron chi connectivity index (χ4n) is 2.46. The maximum Gasteiger partial charge on any atom is 0.422 e. The molecule has 4 N–H and O–H groups in total. The van der Waals surface area contributed by atoms with Gasteiger partial charge in [-0.25, -0.2) is 32.9 Å². The van der Waals surface area contributed by atoms with Crippen LogP contribution in [0.1, 0.15) is 5.56 Å². The number of anilines is 3. The number of rotatable bonds is 8. The molecule has 9 nitrogen and oxygen atoms in total. The number of nitrogens with two attached hydrogens (primary N) is 1. The Bertz CT molecular complexity index is 1190. The number of alkyl halides is 3. The van der Waals surface area contributed by atoms with Crippen LogP contribution in [0.25, 0.3) is 0 Å². The average Bonchev–Trinajstić information content (AvgIpc) is 2.72. The Morgan fingerprint density at radius 1 is 1.00 bits per heavy atom. The van der Waals surface area contributed by atoms with Gasteiger partial charge in [0.05, 0.1) is 11.1 Å². The smallest absolute Gasteiger partial charge is 0.422 e. The number of ether oxygens (including phenoxy) is 1. The molecule has 14 heteroatoms. The normalized spacial score (nSPS) is 11.8. The molecular weight excluding hydrogens is 456 g/mol. The average molecular weight is 472 g/mol. The standard InChI is InChI=1S/C18H16F4N6O3S/c19-12-1-4-15(25-8-12)28-17-6-16(26-10-27-17)24-7-11-5-13(32(23,29)30)2-3-14(11)31-9-18(20,21)22/h1-6,8,10H,7,9H2,(H2,23,29,30)(H2,24,25,26,27,28). The van der Waals surface area contributed by atoms with Crippen LogP contribution in [0.15, 0.2) is 53.8 Å². The maximum atomic E-state index is 13.0. The van der Waals surface area contributed by atoms with Gasteiger partial charge in [0.25, 0.3) is 0 Å². The van der Waals surface area contributed by atoms with E-state index in [0.29, 0.717) is 11.6 Å². The third kappa shape index (κ3) is 6.75. The molecule has 170 valence electrons. The first-order chi connectivity index (χ1) is 15.0. The van der Waals surface area contributed by atoms with Crippen LogP contribution in [0, 0.1) is 5.82 Å². The molecule has 0 saturated heterocycles. The molecule has 0 atom stereocenters. The minimum Gasteiger partial charge on any atom is -0.484 e. The van der Waals surface area contributed by atoms with Crippen molar-refractivity contribution in [2.24, 2.45) is 5.14 Å².